The Bertz CT molecular complexity index is 378. The quantitative estimate of drug-likeness (QED) is 0.781. The van der Waals surface area contributed by atoms with Crippen LogP contribution >= 0.6 is 15.9 Å². The third kappa shape index (κ3) is 2.95. The summed E-state index contributed by atoms with van der Waals surface area (Å²) in [5.41, 5.74) is 1.37. The van der Waals surface area contributed by atoms with Gasteiger partial charge in [-0.25, -0.2) is 0 Å². The predicted molar refractivity (Wildman–Crippen MR) is 73.5 cm³/mol. The van der Waals surface area contributed by atoms with Gasteiger partial charge < -0.3 is 9.47 Å². The molecule has 1 fully saturated rings. The zero-order valence-electron chi connectivity index (χ0n) is 10.4. The number of halogens is 1. The van der Waals surface area contributed by atoms with Crippen molar-refractivity contribution in [1.29, 1.82) is 0 Å². The van der Waals surface area contributed by atoms with E-state index in [9.17, 15) is 0 Å². The maximum absolute atomic E-state index is 5.36. The Hall–Kier alpha value is -0.700. The molecule has 0 aromatic heterocycles. The fourth-order valence-electron chi connectivity index (χ4n) is 2.54. The third-order valence-electron chi connectivity index (χ3n) is 3.49. The first-order valence-corrected chi connectivity index (χ1v) is 7.02. The van der Waals surface area contributed by atoms with Gasteiger partial charge in [0.2, 0.25) is 0 Å². The highest BCUT2D eigenvalue weighted by molar-refractivity contribution is 9.09. The molecule has 0 radical (unpaired) electrons. The Balaban J connectivity index is 2.20. The fourth-order valence-corrected chi connectivity index (χ4v) is 3.31. The van der Waals surface area contributed by atoms with Crippen LogP contribution in [0.25, 0.3) is 0 Å². The van der Waals surface area contributed by atoms with Crippen molar-refractivity contribution in [1.82, 2.24) is 0 Å². The Morgan fingerprint density at radius 2 is 1.88 bits per heavy atom. The minimum atomic E-state index is 0.646. The molecule has 2 atom stereocenters. The van der Waals surface area contributed by atoms with Crippen LogP contribution in [0.15, 0.2) is 18.2 Å². The molecule has 1 aliphatic carbocycles. The molecule has 2 unspecified atom stereocenters. The van der Waals surface area contributed by atoms with E-state index in [4.69, 9.17) is 9.47 Å². The molecule has 17 heavy (non-hydrogen) atoms. The summed E-state index contributed by atoms with van der Waals surface area (Å²) in [6, 6.07) is 6.29. The van der Waals surface area contributed by atoms with Gasteiger partial charge >= 0.3 is 0 Å². The van der Waals surface area contributed by atoms with Crippen LogP contribution in [-0.2, 0) is 0 Å². The van der Waals surface area contributed by atoms with Gasteiger partial charge in [-0.15, -0.1) is 0 Å². The number of rotatable bonds is 3. The second kappa shape index (κ2) is 5.76. The number of methoxy groups -OCH3 is 2. The van der Waals surface area contributed by atoms with Crippen LogP contribution < -0.4 is 9.47 Å². The Labute approximate surface area is 111 Å². The number of benzene rings is 1. The van der Waals surface area contributed by atoms with Gasteiger partial charge in [-0.1, -0.05) is 28.4 Å². The number of hydrogen-bond acceptors (Lipinski definition) is 2. The molecule has 1 aromatic carbocycles. The molecule has 0 bridgehead atoms. The largest absolute Gasteiger partial charge is 0.493 e. The summed E-state index contributed by atoms with van der Waals surface area (Å²) in [5, 5.41) is 0. The second-order valence-electron chi connectivity index (χ2n) is 4.58. The van der Waals surface area contributed by atoms with E-state index in [1.54, 1.807) is 14.2 Å². The van der Waals surface area contributed by atoms with Crippen LogP contribution in [0, 0.1) is 0 Å². The molecule has 3 heteroatoms. The summed E-state index contributed by atoms with van der Waals surface area (Å²) < 4.78 is 10.6. The molecule has 0 N–H and O–H groups in total. The Kier molecular flexibility index (Phi) is 4.32. The third-order valence-corrected chi connectivity index (χ3v) is 4.32. The molecule has 0 heterocycles. The SMILES string of the molecule is COc1ccc(C2CCCC(Br)C2)cc1OC. The molecule has 94 valence electrons. The van der Waals surface area contributed by atoms with E-state index in [-0.39, 0.29) is 0 Å². The van der Waals surface area contributed by atoms with E-state index < -0.39 is 0 Å². The molecule has 0 aliphatic heterocycles. The molecule has 2 rings (SSSR count). The first-order chi connectivity index (χ1) is 8.24. The van der Waals surface area contributed by atoms with Crippen molar-refractivity contribution in [3.8, 4) is 11.5 Å². The van der Waals surface area contributed by atoms with Gasteiger partial charge in [-0.05, 0) is 42.9 Å². The number of hydrogen-bond donors (Lipinski definition) is 0. The van der Waals surface area contributed by atoms with Crippen molar-refractivity contribution in [2.75, 3.05) is 14.2 Å². The van der Waals surface area contributed by atoms with Crippen LogP contribution in [0.5, 0.6) is 11.5 Å². The van der Waals surface area contributed by atoms with Crippen LogP contribution in [0.1, 0.15) is 37.2 Å². The van der Waals surface area contributed by atoms with Gasteiger partial charge in [-0.3, -0.25) is 0 Å². The van der Waals surface area contributed by atoms with Gasteiger partial charge in [0, 0.05) is 4.83 Å². The van der Waals surface area contributed by atoms with Crippen molar-refractivity contribution in [2.45, 2.75) is 36.4 Å². The highest BCUT2D eigenvalue weighted by Crippen LogP contribution is 2.39. The average Bonchev–Trinajstić information content (AvgIpc) is 2.38. The molecule has 0 spiro atoms. The highest BCUT2D eigenvalue weighted by atomic mass is 79.9. The van der Waals surface area contributed by atoms with Gasteiger partial charge in [0.15, 0.2) is 11.5 Å². The van der Waals surface area contributed by atoms with Gasteiger partial charge in [-0.2, -0.15) is 0 Å². The summed E-state index contributed by atoms with van der Waals surface area (Å²) in [5.74, 6) is 2.29. The molecule has 1 saturated carbocycles. The average molecular weight is 299 g/mol. The lowest BCUT2D eigenvalue weighted by molar-refractivity contribution is 0.353. The standard InChI is InChI=1S/C14H19BrO2/c1-16-13-7-6-11(9-14(13)17-2)10-4-3-5-12(15)8-10/h6-7,9-10,12H,3-5,8H2,1-2H3. The maximum Gasteiger partial charge on any atom is 0.160 e. The van der Waals surface area contributed by atoms with E-state index in [1.807, 2.05) is 6.07 Å². The lowest BCUT2D eigenvalue weighted by Gasteiger charge is -2.26. The summed E-state index contributed by atoms with van der Waals surface area (Å²) >= 11 is 3.73. The summed E-state index contributed by atoms with van der Waals surface area (Å²) in [6.07, 6.45) is 5.09. The van der Waals surface area contributed by atoms with Gasteiger partial charge in [0.1, 0.15) is 0 Å². The van der Waals surface area contributed by atoms with E-state index in [0.717, 1.165) is 11.5 Å². The second-order valence-corrected chi connectivity index (χ2v) is 5.87. The van der Waals surface area contributed by atoms with E-state index in [0.29, 0.717) is 10.7 Å². The molecular formula is C14H19BrO2. The zero-order valence-corrected chi connectivity index (χ0v) is 12.0. The van der Waals surface area contributed by atoms with Crippen molar-refractivity contribution in [3.63, 3.8) is 0 Å². The minimum absolute atomic E-state index is 0.646. The number of alkyl halides is 1. The Morgan fingerprint density at radius 3 is 2.53 bits per heavy atom. The van der Waals surface area contributed by atoms with Crippen molar-refractivity contribution < 1.29 is 9.47 Å². The summed E-state index contributed by atoms with van der Waals surface area (Å²) in [4.78, 5) is 0.661. The highest BCUT2D eigenvalue weighted by Gasteiger charge is 2.22. The minimum Gasteiger partial charge on any atom is -0.493 e. The molecular weight excluding hydrogens is 280 g/mol. The molecule has 1 aromatic rings. The maximum atomic E-state index is 5.36. The van der Waals surface area contributed by atoms with Crippen LogP contribution in [0.2, 0.25) is 0 Å². The summed E-state index contributed by atoms with van der Waals surface area (Å²) in [6.45, 7) is 0. The normalized spacial score (nSPS) is 24.4. The summed E-state index contributed by atoms with van der Waals surface area (Å²) in [7, 11) is 3.36. The molecule has 2 nitrogen and oxygen atoms in total. The van der Waals surface area contributed by atoms with Crippen LogP contribution in [-0.4, -0.2) is 19.0 Å². The van der Waals surface area contributed by atoms with E-state index in [2.05, 4.69) is 28.1 Å². The van der Waals surface area contributed by atoms with E-state index >= 15 is 0 Å². The lowest BCUT2D eigenvalue weighted by Crippen LogP contribution is -2.13. The fraction of sp³-hybridized carbons (Fsp3) is 0.571. The first kappa shape index (κ1) is 12.7. The lowest BCUT2D eigenvalue weighted by atomic mass is 9.84. The monoisotopic (exact) mass is 298 g/mol. The van der Waals surface area contributed by atoms with E-state index in [1.165, 1.54) is 31.2 Å². The Morgan fingerprint density at radius 1 is 1.12 bits per heavy atom. The van der Waals surface area contributed by atoms with Crippen LogP contribution in [0.4, 0.5) is 0 Å². The van der Waals surface area contributed by atoms with Gasteiger partial charge in [0.05, 0.1) is 14.2 Å². The van der Waals surface area contributed by atoms with Gasteiger partial charge in [0.25, 0.3) is 0 Å². The van der Waals surface area contributed by atoms with Crippen molar-refractivity contribution in [3.05, 3.63) is 23.8 Å². The topological polar surface area (TPSA) is 18.5 Å². The van der Waals surface area contributed by atoms with Crippen molar-refractivity contribution >= 4 is 15.9 Å². The molecule has 1 aliphatic rings. The predicted octanol–water partition coefficient (Wildman–Crippen LogP) is 4.12. The molecule has 0 amide bonds. The van der Waals surface area contributed by atoms with Crippen LogP contribution in [0.3, 0.4) is 0 Å². The molecule has 0 saturated heterocycles. The smallest absolute Gasteiger partial charge is 0.160 e. The number of ether oxygens (including phenoxy) is 2. The van der Waals surface area contributed by atoms with Crippen molar-refractivity contribution in [2.24, 2.45) is 0 Å². The first-order valence-electron chi connectivity index (χ1n) is 6.10. The zero-order chi connectivity index (χ0) is 12.3.